The lowest BCUT2D eigenvalue weighted by Gasteiger charge is -2.26. The molecule has 0 aliphatic rings. The monoisotopic (exact) mass is 370 g/mol. The number of hydrogen-bond acceptors (Lipinski definition) is 2. The number of carbonyl (C=O) groups excluding carboxylic acids is 1. The molecule has 4 nitrogen and oxygen atoms in total. The van der Waals surface area contributed by atoms with Crippen molar-refractivity contribution in [2.24, 2.45) is 0 Å². The van der Waals surface area contributed by atoms with Gasteiger partial charge in [0.1, 0.15) is 5.82 Å². The van der Waals surface area contributed by atoms with Crippen LogP contribution in [0.4, 0.5) is 14.9 Å². The van der Waals surface area contributed by atoms with Crippen molar-refractivity contribution in [2.45, 2.75) is 25.8 Å². The highest BCUT2D eigenvalue weighted by Crippen LogP contribution is 2.34. The van der Waals surface area contributed by atoms with Gasteiger partial charge in [-0.2, -0.15) is 0 Å². The van der Waals surface area contributed by atoms with Crippen molar-refractivity contribution in [2.75, 3.05) is 5.32 Å². The molecule has 7 heteroatoms. The van der Waals surface area contributed by atoms with Crippen LogP contribution in [0, 0.1) is 5.82 Å². The fourth-order valence-electron chi connectivity index (χ4n) is 2.26. The number of anilines is 1. The second-order valence-electron chi connectivity index (χ2n) is 6.05. The quantitative estimate of drug-likeness (QED) is 0.664. The molecule has 2 aromatic rings. The largest absolute Gasteiger partial charge is 0.505 e. The van der Waals surface area contributed by atoms with E-state index in [4.69, 9.17) is 23.2 Å². The molecular weight excluding hydrogens is 354 g/mol. The molecule has 24 heavy (non-hydrogen) atoms. The van der Waals surface area contributed by atoms with E-state index < -0.39 is 11.6 Å². The van der Waals surface area contributed by atoms with Crippen molar-refractivity contribution in [1.29, 1.82) is 0 Å². The van der Waals surface area contributed by atoms with E-state index in [-0.39, 0.29) is 21.6 Å². The highest BCUT2D eigenvalue weighted by atomic mass is 35.5. The van der Waals surface area contributed by atoms with Crippen LogP contribution in [-0.2, 0) is 6.42 Å². The molecule has 0 aromatic heterocycles. The topological polar surface area (TPSA) is 61.4 Å². The number of phenols is 1. The molecule has 0 aliphatic heterocycles. The number of aromatic hydroxyl groups is 1. The number of carbonyl (C=O) groups is 1. The molecule has 2 aromatic carbocycles. The van der Waals surface area contributed by atoms with Gasteiger partial charge in [-0.25, -0.2) is 9.18 Å². The lowest BCUT2D eigenvalue weighted by molar-refractivity contribution is 0.241. The van der Waals surface area contributed by atoms with Gasteiger partial charge >= 0.3 is 6.03 Å². The predicted molar refractivity (Wildman–Crippen MR) is 94.5 cm³/mol. The lowest BCUT2D eigenvalue weighted by atomic mass is 9.95. The standard InChI is InChI=1S/C17H17Cl2FN2O2/c1-17(2,9-10-3-5-11(20)6-4-10)22-16(24)21-12-7-13(18)15(23)14(19)8-12/h3-8,23H,9H2,1-2H3,(H2,21,22,24). The van der Waals surface area contributed by atoms with Crippen LogP contribution in [-0.4, -0.2) is 16.7 Å². The van der Waals surface area contributed by atoms with Gasteiger partial charge in [-0.3, -0.25) is 0 Å². The van der Waals surface area contributed by atoms with Gasteiger partial charge in [0, 0.05) is 11.2 Å². The van der Waals surface area contributed by atoms with Crippen molar-refractivity contribution in [3.63, 3.8) is 0 Å². The number of nitrogens with one attached hydrogen (secondary N) is 2. The van der Waals surface area contributed by atoms with E-state index in [0.717, 1.165) is 5.56 Å². The average molecular weight is 371 g/mol. The molecule has 128 valence electrons. The second kappa shape index (κ2) is 7.28. The second-order valence-corrected chi connectivity index (χ2v) is 6.87. The Hall–Kier alpha value is -1.98. The van der Waals surface area contributed by atoms with Crippen LogP contribution in [0.2, 0.25) is 10.0 Å². The van der Waals surface area contributed by atoms with E-state index in [9.17, 15) is 14.3 Å². The summed E-state index contributed by atoms with van der Waals surface area (Å²) >= 11 is 11.6. The molecule has 0 atom stereocenters. The van der Waals surface area contributed by atoms with E-state index in [1.807, 2.05) is 13.8 Å². The zero-order valence-corrected chi connectivity index (χ0v) is 14.7. The molecule has 0 fully saturated rings. The molecule has 0 radical (unpaired) electrons. The first-order valence-electron chi connectivity index (χ1n) is 7.18. The Morgan fingerprint density at radius 1 is 1.17 bits per heavy atom. The van der Waals surface area contributed by atoms with Crippen LogP contribution in [0.15, 0.2) is 36.4 Å². The summed E-state index contributed by atoms with van der Waals surface area (Å²) < 4.78 is 12.9. The normalized spacial score (nSPS) is 11.2. The molecule has 2 amide bonds. The van der Waals surface area contributed by atoms with Crippen LogP contribution in [0.25, 0.3) is 0 Å². The molecule has 2 rings (SSSR count). The number of urea groups is 1. The summed E-state index contributed by atoms with van der Waals surface area (Å²) in [7, 11) is 0. The van der Waals surface area contributed by atoms with Crippen molar-refractivity contribution < 1.29 is 14.3 Å². The van der Waals surface area contributed by atoms with Gasteiger partial charge < -0.3 is 15.7 Å². The van der Waals surface area contributed by atoms with Crippen molar-refractivity contribution >= 4 is 34.9 Å². The van der Waals surface area contributed by atoms with E-state index in [1.54, 1.807) is 12.1 Å². The molecule has 0 heterocycles. The number of rotatable bonds is 4. The minimum Gasteiger partial charge on any atom is -0.505 e. The third-order valence-corrected chi connectivity index (χ3v) is 3.86. The lowest BCUT2D eigenvalue weighted by Crippen LogP contribution is -2.47. The number of halogens is 3. The maximum absolute atomic E-state index is 12.9. The minimum absolute atomic E-state index is 0.0448. The molecular formula is C17H17Cl2FN2O2. The molecule has 0 saturated heterocycles. The van der Waals surface area contributed by atoms with Crippen LogP contribution in [0.5, 0.6) is 5.75 Å². The summed E-state index contributed by atoms with van der Waals surface area (Å²) in [5, 5.41) is 15.0. The van der Waals surface area contributed by atoms with Crippen molar-refractivity contribution in [3.8, 4) is 5.75 Å². The van der Waals surface area contributed by atoms with E-state index >= 15 is 0 Å². The van der Waals surface area contributed by atoms with Gasteiger partial charge in [0.2, 0.25) is 0 Å². The van der Waals surface area contributed by atoms with Crippen LogP contribution < -0.4 is 10.6 Å². The molecule has 0 unspecified atom stereocenters. The zero-order chi connectivity index (χ0) is 17.9. The highest BCUT2D eigenvalue weighted by Gasteiger charge is 2.21. The fourth-order valence-corrected chi connectivity index (χ4v) is 2.75. The summed E-state index contributed by atoms with van der Waals surface area (Å²) in [5.41, 5.74) is 0.696. The molecule has 0 aliphatic carbocycles. The predicted octanol–water partition coefficient (Wildman–Crippen LogP) is 4.98. The summed E-state index contributed by atoms with van der Waals surface area (Å²) in [6.07, 6.45) is 0.526. The zero-order valence-electron chi connectivity index (χ0n) is 13.2. The molecule has 0 bridgehead atoms. The van der Waals surface area contributed by atoms with Crippen molar-refractivity contribution in [3.05, 3.63) is 57.8 Å². The van der Waals surface area contributed by atoms with Crippen LogP contribution in [0.1, 0.15) is 19.4 Å². The fraction of sp³-hybridized carbons (Fsp3) is 0.235. The van der Waals surface area contributed by atoms with Gasteiger partial charge in [-0.05, 0) is 50.1 Å². The number of hydrogen-bond donors (Lipinski definition) is 3. The summed E-state index contributed by atoms with van der Waals surface area (Å²) in [4.78, 5) is 12.1. The van der Waals surface area contributed by atoms with E-state index in [1.165, 1.54) is 24.3 Å². The van der Waals surface area contributed by atoms with Gasteiger partial charge in [-0.15, -0.1) is 0 Å². The Bertz CT molecular complexity index is 726. The highest BCUT2D eigenvalue weighted by molar-refractivity contribution is 6.37. The third kappa shape index (κ3) is 5.01. The van der Waals surface area contributed by atoms with E-state index in [2.05, 4.69) is 10.6 Å². The smallest absolute Gasteiger partial charge is 0.319 e. The Labute approximate surface area is 149 Å². The molecule has 0 saturated carbocycles. The summed E-state index contributed by atoms with van der Waals surface area (Å²) in [6, 6.07) is 8.47. The Morgan fingerprint density at radius 2 is 1.71 bits per heavy atom. The van der Waals surface area contributed by atoms with Gasteiger partial charge in [0.15, 0.2) is 5.75 Å². The van der Waals surface area contributed by atoms with Crippen molar-refractivity contribution in [1.82, 2.24) is 5.32 Å². The first kappa shape index (κ1) is 18.4. The summed E-state index contributed by atoms with van der Waals surface area (Å²) in [5.74, 6) is -0.538. The Balaban J connectivity index is 2.01. The van der Waals surface area contributed by atoms with Gasteiger partial charge in [0.05, 0.1) is 10.0 Å². The third-order valence-electron chi connectivity index (χ3n) is 3.29. The minimum atomic E-state index is -0.563. The van der Waals surface area contributed by atoms with Gasteiger partial charge in [0.25, 0.3) is 0 Å². The molecule has 3 N–H and O–H groups in total. The number of benzene rings is 2. The van der Waals surface area contributed by atoms with E-state index in [0.29, 0.717) is 12.1 Å². The molecule has 0 spiro atoms. The first-order valence-corrected chi connectivity index (χ1v) is 7.93. The number of phenolic OH excluding ortho intramolecular Hbond substituents is 1. The maximum atomic E-state index is 12.9. The number of amides is 2. The summed E-state index contributed by atoms with van der Waals surface area (Å²) in [6.45, 7) is 3.71. The SMILES string of the molecule is CC(C)(Cc1ccc(F)cc1)NC(=O)Nc1cc(Cl)c(O)c(Cl)c1. The van der Waals surface area contributed by atoms with Crippen LogP contribution in [0.3, 0.4) is 0 Å². The maximum Gasteiger partial charge on any atom is 0.319 e. The van der Waals surface area contributed by atoms with Crippen LogP contribution >= 0.6 is 23.2 Å². The Morgan fingerprint density at radius 3 is 2.25 bits per heavy atom. The van der Waals surface area contributed by atoms with Gasteiger partial charge in [-0.1, -0.05) is 35.3 Å². The first-order chi connectivity index (χ1) is 11.2. The Kier molecular flexibility index (Phi) is 5.57. The average Bonchev–Trinajstić information content (AvgIpc) is 2.46.